The number of hydrogen-bond acceptors (Lipinski definition) is 4. The van der Waals surface area contributed by atoms with Crippen LogP contribution in [0.25, 0.3) is 11.5 Å². The summed E-state index contributed by atoms with van der Waals surface area (Å²) in [6.45, 7) is 0.644. The van der Waals surface area contributed by atoms with Gasteiger partial charge in [0.15, 0.2) is 0 Å². The molecular formula is C21H21N3O3. The average molecular weight is 363 g/mol. The van der Waals surface area contributed by atoms with Gasteiger partial charge in [-0.2, -0.15) is 0 Å². The smallest absolute Gasteiger partial charge is 0.261 e. The summed E-state index contributed by atoms with van der Waals surface area (Å²) < 4.78 is 5.31. The fraction of sp³-hybridized carbons (Fsp3) is 0.286. The first-order valence-electron chi connectivity index (χ1n) is 9.22. The monoisotopic (exact) mass is 363 g/mol. The minimum Gasteiger partial charge on any atom is -0.463 e. The van der Waals surface area contributed by atoms with E-state index in [1.165, 1.54) is 0 Å². The fourth-order valence-corrected chi connectivity index (χ4v) is 3.66. The van der Waals surface area contributed by atoms with Crippen molar-refractivity contribution in [3.8, 4) is 11.5 Å². The van der Waals surface area contributed by atoms with Gasteiger partial charge in [0.1, 0.15) is 11.3 Å². The van der Waals surface area contributed by atoms with Crippen molar-refractivity contribution in [2.24, 2.45) is 0 Å². The Kier molecular flexibility index (Phi) is 4.87. The van der Waals surface area contributed by atoms with Crippen LogP contribution in [0, 0.1) is 0 Å². The third kappa shape index (κ3) is 3.56. The number of likely N-dealkylation sites (tertiary alicyclic amines) is 1. The molecule has 0 saturated carbocycles. The fourth-order valence-electron chi connectivity index (χ4n) is 3.66. The van der Waals surface area contributed by atoms with E-state index in [9.17, 15) is 9.59 Å². The first-order chi connectivity index (χ1) is 13.2. The molecule has 0 aromatic carbocycles. The molecule has 0 spiro atoms. The molecule has 1 atom stereocenters. The quantitative estimate of drug-likeness (QED) is 0.768. The Morgan fingerprint density at radius 1 is 1.11 bits per heavy atom. The number of pyridine rings is 2. The Balaban J connectivity index is 1.66. The molecule has 6 heteroatoms. The SMILES string of the molecule is O=C(c1ccc(-c2ccco2)[nH]c1=O)N1CCCCCC1c1ccncc1. The van der Waals surface area contributed by atoms with Gasteiger partial charge in [-0.15, -0.1) is 0 Å². The van der Waals surface area contributed by atoms with E-state index in [1.807, 2.05) is 17.0 Å². The predicted octanol–water partition coefficient (Wildman–Crippen LogP) is 3.79. The number of rotatable bonds is 3. The highest BCUT2D eigenvalue weighted by molar-refractivity contribution is 5.94. The van der Waals surface area contributed by atoms with Crippen molar-refractivity contribution in [3.05, 3.63) is 76.5 Å². The second-order valence-electron chi connectivity index (χ2n) is 6.74. The van der Waals surface area contributed by atoms with Crippen LogP contribution in [0.15, 0.2) is 64.3 Å². The summed E-state index contributed by atoms with van der Waals surface area (Å²) in [5, 5.41) is 0. The summed E-state index contributed by atoms with van der Waals surface area (Å²) in [4.78, 5) is 34.5. The van der Waals surface area contributed by atoms with Crippen LogP contribution >= 0.6 is 0 Å². The molecule has 1 aliphatic rings. The molecule has 4 rings (SSSR count). The van der Waals surface area contributed by atoms with Gasteiger partial charge >= 0.3 is 0 Å². The lowest BCUT2D eigenvalue weighted by atomic mass is 10.0. The van der Waals surface area contributed by atoms with Crippen molar-refractivity contribution in [2.75, 3.05) is 6.54 Å². The molecule has 1 aliphatic heterocycles. The maximum absolute atomic E-state index is 13.2. The number of nitrogens with one attached hydrogen (secondary N) is 1. The summed E-state index contributed by atoms with van der Waals surface area (Å²) in [5.41, 5.74) is 1.38. The summed E-state index contributed by atoms with van der Waals surface area (Å²) in [6.07, 6.45) is 9.00. The van der Waals surface area contributed by atoms with Gasteiger partial charge < -0.3 is 14.3 Å². The molecular weight excluding hydrogens is 342 g/mol. The van der Waals surface area contributed by atoms with Crippen LogP contribution in [-0.2, 0) is 0 Å². The molecule has 1 fully saturated rings. The highest BCUT2D eigenvalue weighted by atomic mass is 16.3. The maximum atomic E-state index is 13.2. The normalized spacial score (nSPS) is 17.5. The van der Waals surface area contributed by atoms with Crippen LogP contribution in [0.3, 0.4) is 0 Å². The van der Waals surface area contributed by atoms with Crippen LogP contribution < -0.4 is 5.56 Å². The lowest BCUT2D eigenvalue weighted by Crippen LogP contribution is -2.37. The van der Waals surface area contributed by atoms with Gasteiger partial charge in [0.2, 0.25) is 0 Å². The molecule has 27 heavy (non-hydrogen) atoms. The number of hydrogen-bond donors (Lipinski definition) is 1. The minimum atomic E-state index is -0.397. The zero-order valence-corrected chi connectivity index (χ0v) is 14.9. The van der Waals surface area contributed by atoms with Gasteiger partial charge in [-0.25, -0.2) is 0 Å². The molecule has 1 unspecified atom stereocenters. The van der Waals surface area contributed by atoms with Crippen LogP contribution in [-0.4, -0.2) is 27.3 Å². The number of amides is 1. The predicted molar refractivity (Wildman–Crippen MR) is 101 cm³/mol. The van der Waals surface area contributed by atoms with E-state index in [1.54, 1.807) is 42.9 Å². The van der Waals surface area contributed by atoms with Gasteiger partial charge in [-0.1, -0.05) is 12.8 Å². The third-order valence-electron chi connectivity index (χ3n) is 5.03. The number of carbonyl (C=O) groups excluding carboxylic acids is 1. The van der Waals surface area contributed by atoms with Crippen LogP contribution in [0.4, 0.5) is 0 Å². The summed E-state index contributed by atoms with van der Waals surface area (Å²) in [6, 6.07) is 10.7. The highest BCUT2D eigenvalue weighted by Gasteiger charge is 2.29. The molecule has 6 nitrogen and oxygen atoms in total. The Labute approximate surface area is 156 Å². The lowest BCUT2D eigenvalue weighted by Gasteiger charge is -2.30. The number of carbonyl (C=O) groups is 1. The molecule has 3 aromatic heterocycles. The van der Waals surface area contributed by atoms with E-state index in [0.29, 0.717) is 18.0 Å². The van der Waals surface area contributed by atoms with Crippen molar-refractivity contribution in [3.63, 3.8) is 0 Å². The van der Waals surface area contributed by atoms with Gasteiger partial charge in [-0.05, 0) is 54.8 Å². The molecule has 1 N–H and O–H groups in total. The van der Waals surface area contributed by atoms with Crippen molar-refractivity contribution in [1.29, 1.82) is 0 Å². The van der Waals surface area contributed by atoms with E-state index >= 15 is 0 Å². The zero-order chi connectivity index (χ0) is 18.6. The highest BCUT2D eigenvalue weighted by Crippen LogP contribution is 2.30. The number of aromatic nitrogens is 2. The van der Waals surface area contributed by atoms with Crippen LogP contribution in [0.1, 0.15) is 47.6 Å². The van der Waals surface area contributed by atoms with Crippen molar-refractivity contribution < 1.29 is 9.21 Å². The van der Waals surface area contributed by atoms with Crippen LogP contribution in [0.2, 0.25) is 0 Å². The molecule has 138 valence electrons. The molecule has 1 amide bonds. The Morgan fingerprint density at radius 3 is 2.70 bits per heavy atom. The summed E-state index contributed by atoms with van der Waals surface area (Å²) in [7, 11) is 0. The lowest BCUT2D eigenvalue weighted by molar-refractivity contribution is 0.0679. The molecule has 1 saturated heterocycles. The van der Waals surface area contributed by atoms with Crippen molar-refractivity contribution in [1.82, 2.24) is 14.9 Å². The minimum absolute atomic E-state index is 0.0350. The standard InChI is InChI=1S/C21H21N3O3/c25-20-16(7-8-17(23-20)19-6-4-14-27-19)21(26)24-13-3-1-2-5-18(24)15-9-11-22-12-10-15/h4,6-12,14,18H,1-3,5,13H2,(H,23,25). The second kappa shape index (κ2) is 7.61. The van der Waals surface area contributed by atoms with Gasteiger partial charge in [0.05, 0.1) is 18.0 Å². The number of H-pyrrole nitrogens is 1. The largest absolute Gasteiger partial charge is 0.463 e. The topological polar surface area (TPSA) is 79.2 Å². The van der Waals surface area contributed by atoms with Gasteiger partial charge in [0, 0.05) is 18.9 Å². The Hall–Kier alpha value is -3.15. The van der Waals surface area contributed by atoms with Crippen LogP contribution in [0.5, 0.6) is 0 Å². The molecule has 0 bridgehead atoms. The van der Waals surface area contributed by atoms with Gasteiger partial charge in [0.25, 0.3) is 11.5 Å². The Morgan fingerprint density at radius 2 is 1.96 bits per heavy atom. The van der Waals surface area contributed by atoms with E-state index in [4.69, 9.17) is 4.42 Å². The van der Waals surface area contributed by atoms with Gasteiger partial charge in [-0.3, -0.25) is 14.6 Å². The molecule has 0 radical (unpaired) electrons. The molecule has 4 heterocycles. The summed E-state index contributed by atoms with van der Waals surface area (Å²) in [5.74, 6) is 0.335. The van der Waals surface area contributed by atoms with E-state index < -0.39 is 5.56 Å². The maximum Gasteiger partial charge on any atom is 0.261 e. The molecule has 0 aliphatic carbocycles. The number of aromatic amines is 1. The Bertz CT molecular complexity index is 964. The first-order valence-corrected chi connectivity index (χ1v) is 9.22. The van der Waals surface area contributed by atoms with E-state index in [-0.39, 0.29) is 17.5 Å². The average Bonchev–Trinajstić information content (AvgIpc) is 3.13. The van der Waals surface area contributed by atoms with E-state index in [0.717, 1.165) is 31.2 Å². The third-order valence-corrected chi connectivity index (χ3v) is 5.03. The van der Waals surface area contributed by atoms with Crippen molar-refractivity contribution >= 4 is 5.91 Å². The number of nitrogens with zero attached hydrogens (tertiary/aromatic N) is 2. The second-order valence-corrected chi connectivity index (χ2v) is 6.74. The number of furan rings is 1. The first kappa shape index (κ1) is 17.3. The molecule has 3 aromatic rings. The van der Waals surface area contributed by atoms with E-state index in [2.05, 4.69) is 9.97 Å². The summed E-state index contributed by atoms with van der Waals surface area (Å²) >= 11 is 0. The van der Waals surface area contributed by atoms with Crippen molar-refractivity contribution in [2.45, 2.75) is 31.7 Å². The zero-order valence-electron chi connectivity index (χ0n) is 14.9.